The maximum Gasteiger partial charge on any atom is 0.511 e. The third-order valence-corrected chi connectivity index (χ3v) is 6.35. The first kappa shape index (κ1) is 20.3. The lowest BCUT2D eigenvalue weighted by Crippen LogP contribution is -2.59. The monoisotopic (exact) mass is 395 g/mol. The maximum absolute atomic E-state index is 11.5. The Morgan fingerprint density at radius 3 is 2.96 bits per heavy atom. The van der Waals surface area contributed by atoms with Crippen LogP contribution >= 0.6 is 12.4 Å². The summed E-state index contributed by atoms with van der Waals surface area (Å²) >= 11 is 0. The van der Waals surface area contributed by atoms with E-state index in [0.717, 1.165) is 24.6 Å². The van der Waals surface area contributed by atoms with Crippen molar-refractivity contribution in [3.05, 3.63) is 29.3 Å². The van der Waals surface area contributed by atoms with Crippen molar-refractivity contribution >= 4 is 18.6 Å². The minimum Gasteiger partial charge on any atom is -0.457 e. The van der Waals surface area contributed by atoms with E-state index in [1.165, 1.54) is 43.2 Å². The quantitative estimate of drug-likeness (QED) is 0.606. The molecule has 0 aromatic heterocycles. The van der Waals surface area contributed by atoms with Gasteiger partial charge in [0.15, 0.2) is 0 Å². The third-order valence-electron chi connectivity index (χ3n) is 6.35. The Morgan fingerprint density at radius 2 is 2.15 bits per heavy atom. The molecule has 1 aromatic rings. The molecule has 1 heterocycles. The molecule has 6 heteroatoms. The third kappa shape index (κ3) is 3.90. The van der Waals surface area contributed by atoms with Crippen LogP contribution in [0.4, 0.5) is 4.79 Å². The summed E-state index contributed by atoms with van der Waals surface area (Å²) in [6.07, 6.45) is 6.71. The van der Waals surface area contributed by atoms with E-state index in [-0.39, 0.29) is 25.3 Å². The van der Waals surface area contributed by atoms with Gasteiger partial charge in [0.2, 0.25) is 6.79 Å². The molecule has 0 amide bonds. The summed E-state index contributed by atoms with van der Waals surface area (Å²) < 4.78 is 15.6. The molecule has 2 fully saturated rings. The van der Waals surface area contributed by atoms with E-state index in [1.54, 1.807) is 13.8 Å². The SMILES string of the molecule is CC(C)OC(=O)OCOc1ccc2c(c1)[C@@]13CCCC[C@@H]1[C@H](C2)NCC3.Cl. The molecule has 1 aromatic carbocycles. The molecule has 0 spiro atoms. The van der Waals surface area contributed by atoms with Gasteiger partial charge in [-0.1, -0.05) is 18.9 Å². The molecule has 27 heavy (non-hydrogen) atoms. The van der Waals surface area contributed by atoms with Crippen LogP contribution in [0.5, 0.6) is 5.75 Å². The number of carbonyl (C=O) groups excluding carboxylic acids is 1. The number of rotatable bonds is 4. The Bertz CT molecular complexity index is 676. The van der Waals surface area contributed by atoms with Crippen LogP contribution in [-0.4, -0.2) is 31.6 Å². The minimum absolute atomic E-state index is 0. The standard InChI is InChI=1S/C21H29NO4.ClH/c1-14(2)26-20(23)25-13-24-16-7-6-15-11-19-17-5-3-4-8-21(17,9-10-22-19)18(15)12-16;/h6-7,12,14,17,19,22H,3-5,8-11,13H2,1-2H3;1H/t17-,19+,21-;/m1./s1. The van der Waals surface area contributed by atoms with Crippen LogP contribution in [0.3, 0.4) is 0 Å². The number of hydrogen-bond donors (Lipinski definition) is 1. The van der Waals surface area contributed by atoms with Crippen LogP contribution in [-0.2, 0) is 21.3 Å². The van der Waals surface area contributed by atoms with Crippen molar-refractivity contribution in [3.8, 4) is 5.75 Å². The zero-order chi connectivity index (χ0) is 18.1. The minimum atomic E-state index is -0.690. The van der Waals surface area contributed by atoms with Gasteiger partial charge in [-0.05, 0) is 75.3 Å². The fraction of sp³-hybridized carbons (Fsp3) is 0.667. The van der Waals surface area contributed by atoms with Gasteiger partial charge in [-0.3, -0.25) is 0 Å². The molecule has 1 N–H and O–H groups in total. The van der Waals surface area contributed by atoms with Gasteiger partial charge in [0.05, 0.1) is 6.10 Å². The first-order valence-electron chi connectivity index (χ1n) is 9.91. The van der Waals surface area contributed by atoms with Crippen molar-refractivity contribution in [2.24, 2.45) is 5.92 Å². The van der Waals surface area contributed by atoms with Gasteiger partial charge in [0.1, 0.15) is 5.75 Å². The van der Waals surface area contributed by atoms with Gasteiger partial charge in [-0.15, -0.1) is 12.4 Å². The number of hydrogen-bond acceptors (Lipinski definition) is 5. The Hall–Kier alpha value is -1.46. The maximum atomic E-state index is 11.5. The van der Waals surface area contributed by atoms with Crippen molar-refractivity contribution in [2.75, 3.05) is 13.3 Å². The van der Waals surface area contributed by atoms with Crippen molar-refractivity contribution in [3.63, 3.8) is 0 Å². The lowest BCUT2D eigenvalue weighted by molar-refractivity contribution is -0.00834. The Kier molecular flexibility index (Phi) is 6.21. The fourth-order valence-electron chi connectivity index (χ4n) is 5.37. The molecule has 1 saturated heterocycles. The lowest BCUT2D eigenvalue weighted by atomic mass is 9.53. The van der Waals surface area contributed by atoms with Crippen molar-refractivity contribution in [2.45, 2.75) is 69.9 Å². The second-order valence-corrected chi connectivity index (χ2v) is 8.17. The summed E-state index contributed by atoms with van der Waals surface area (Å²) in [5.74, 6) is 1.52. The molecule has 2 bridgehead atoms. The number of carbonyl (C=O) groups is 1. The van der Waals surface area contributed by atoms with E-state index in [1.807, 2.05) is 6.07 Å². The van der Waals surface area contributed by atoms with Gasteiger partial charge in [-0.25, -0.2) is 4.79 Å². The van der Waals surface area contributed by atoms with Crippen molar-refractivity contribution < 1.29 is 19.0 Å². The summed E-state index contributed by atoms with van der Waals surface area (Å²) in [5, 5.41) is 3.76. The molecule has 5 nitrogen and oxygen atoms in total. The molecular formula is C21H30ClNO4. The Balaban J connectivity index is 0.00000210. The fourth-order valence-corrected chi connectivity index (χ4v) is 5.37. The first-order chi connectivity index (χ1) is 12.6. The second-order valence-electron chi connectivity index (χ2n) is 8.17. The normalized spacial score (nSPS) is 28.4. The molecule has 0 radical (unpaired) electrons. The van der Waals surface area contributed by atoms with E-state index >= 15 is 0 Å². The topological polar surface area (TPSA) is 56.8 Å². The summed E-state index contributed by atoms with van der Waals surface area (Å²) in [4.78, 5) is 11.5. The van der Waals surface area contributed by atoms with Gasteiger partial charge in [-0.2, -0.15) is 0 Å². The predicted molar refractivity (Wildman–Crippen MR) is 106 cm³/mol. The number of piperidine rings is 1. The average molecular weight is 396 g/mol. The van der Waals surface area contributed by atoms with Gasteiger partial charge in [0, 0.05) is 11.5 Å². The zero-order valence-electron chi connectivity index (χ0n) is 16.2. The summed E-state index contributed by atoms with van der Waals surface area (Å²) in [6, 6.07) is 7.01. The molecule has 150 valence electrons. The molecular weight excluding hydrogens is 366 g/mol. The largest absolute Gasteiger partial charge is 0.511 e. The molecule has 1 aliphatic heterocycles. The second kappa shape index (κ2) is 8.27. The Labute approximate surface area is 167 Å². The highest BCUT2D eigenvalue weighted by Crippen LogP contribution is 2.54. The molecule has 3 aliphatic rings. The highest BCUT2D eigenvalue weighted by atomic mass is 35.5. The van der Waals surface area contributed by atoms with Gasteiger partial charge in [0.25, 0.3) is 0 Å². The molecule has 1 saturated carbocycles. The van der Waals surface area contributed by atoms with Gasteiger partial charge >= 0.3 is 6.16 Å². The summed E-state index contributed by atoms with van der Waals surface area (Å²) in [5.41, 5.74) is 3.23. The van der Waals surface area contributed by atoms with E-state index in [2.05, 4.69) is 17.4 Å². The molecule has 2 aliphatic carbocycles. The van der Waals surface area contributed by atoms with Crippen LogP contribution in [0, 0.1) is 5.92 Å². The number of fused-ring (bicyclic) bond motifs is 1. The van der Waals surface area contributed by atoms with Crippen LogP contribution in [0.25, 0.3) is 0 Å². The summed E-state index contributed by atoms with van der Waals surface area (Å²) in [6.45, 7) is 4.57. The van der Waals surface area contributed by atoms with E-state index in [9.17, 15) is 4.79 Å². The number of halogens is 1. The Morgan fingerprint density at radius 1 is 1.30 bits per heavy atom. The van der Waals surface area contributed by atoms with Gasteiger partial charge < -0.3 is 19.5 Å². The molecule has 3 atom stereocenters. The lowest BCUT2D eigenvalue weighted by Gasteiger charge is -2.56. The summed E-state index contributed by atoms with van der Waals surface area (Å²) in [7, 11) is 0. The number of nitrogens with one attached hydrogen (secondary N) is 1. The number of ether oxygens (including phenoxy) is 3. The number of benzene rings is 1. The van der Waals surface area contributed by atoms with Crippen molar-refractivity contribution in [1.29, 1.82) is 0 Å². The highest BCUT2D eigenvalue weighted by molar-refractivity contribution is 5.85. The molecule has 0 unspecified atom stereocenters. The predicted octanol–water partition coefficient (Wildman–Crippen LogP) is 4.35. The smallest absolute Gasteiger partial charge is 0.457 e. The van der Waals surface area contributed by atoms with Crippen LogP contribution in [0.1, 0.15) is 57.1 Å². The van der Waals surface area contributed by atoms with Crippen LogP contribution < -0.4 is 10.1 Å². The van der Waals surface area contributed by atoms with Crippen LogP contribution in [0.2, 0.25) is 0 Å². The van der Waals surface area contributed by atoms with E-state index in [4.69, 9.17) is 14.2 Å². The van der Waals surface area contributed by atoms with E-state index < -0.39 is 6.16 Å². The van der Waals surface area contributed by atoms with E-state index in [0.29, 0.717) is 11.5 Å². The highest BCUT2D eigenvalue weighted by Gasteiger charge is 2.51. The molecule has 4 rings (SSSR count). The zero-order valence-corrected chi connectivity index (χ0v) is 17.0. The average Bonchev–Trinajstić information content (AvgIpc) is 2.61. The first-order valence-corrected chi connectivity index (χ1v) is 9.91. The van der Waals surface area contributed by atoms with Crippen molar-refractivity contribution in [1.82, 2.24) is 5.32 Å². The van der Waals surface area contributed by atoms with Crippen LogP contribution in [0.15, 0.2) is 18.2 Å².